The van der Waals surface area contributed by atoms with Gasteiger partial charge in [0.2, 0.25) is 0 Å². The zero-order valence-electron chi connectivity index (χ0n) is 8.68. The van der Waals surface area contributed by atoms with E-state index < -0.39 is 0 Å². The number of carbonyl (C=O) groups is 1. The topological polar surface area (TPSA) is 29.1 Å². The summed E-state index contributed by atoms with van der Waals surface area (Å²) in [5.74, 6) is -0.0821. The molecule has 4 heteroatoms. The number of benzene rings is 1. The van der Waals surface area contributed by atoms with Crippen molar-refractivity contribution in [1.82, 2.24) is 5.32 Å². The summed E-state index contributed by atoms with van der Waals surface area (Å²) in [5.41, 5.74) is 1.64. The van der Waals surface area contributed by atoms with Crippen LogP contribution in [-0.4, -0.2) is 17.8 Å². The maximum absolute atomic E-state index is 11.7. The molecule has 0 bridgehead atoms. The van der Waals surface area contributed by atoms with Crippen molar-refractivity contribution in [2.45, 2.75) is 19.2 Å². The van der Waals surface area contributed by atoms with Gasteiger partial charge in [0.05, 0.1) is 0 Å². The van der Waals surface area contributed by atoms with Crippen molar-refractivity contribution in [3.63, 3.8) is 0 Å². The molecule has 0 aromatic heterocycles. The van der Waals surface area contributed by atoms with Crippen LogP contribution in [0, 0.1) is 6.92 Å². The summed E-state index contributed by atoms with van der Waals surface area (Å²) in [7, 11) is 0. The average molecular weight is 291 g/mol. The molecule has 15 heavy (non-hydrogen) atoms. The van der Waals surface area contributed by atoms with Gasteiger partial charge in [0.15, 0.2) is 0 Å². The number of carbonyl (C=O) groups excluding carboxylic acids is 1. The van der Waals surface area contributed by atoms with E-state index in [1.807, 2.05) is 32.0 Å². The second-order valence-corrected chi connectivity index (χ2v) is 5.11. The zero-order chi connectivity index (χ0) is 11.4. The van der Waals surface area contributed by atoms with Crippen LogP contribution in [0.3, 0.4) is 0 Å². The molecule has 1 aromatic rings. The first-order chi connectivity index (χ1) is 7.00. The SMILES string of the molecule is Cc1ccc(Br)cc1C(=O)NCC(C)Cl. The molecule has 1 rings (SSSR count). The van der Waals surface area contributed by atoms with E-state index in [9.17, 15) is 4.79 Å². The Hall–Kier alpha value is -0.540. The molecule has 0 spiro atoms. The predicted molar refractivity (Wildman–Crippen MR) is 66.5 cm³/mol. The fourth-order valence-corrected chi connectivity index (χ4v) is 1.61. The van der Waals surface area contributed by atoms with Crippen molar-refractivity contribution in [2.24, 2.45) is 0 Å². The van der Waals surface area contributed by atoms with Gasteiger partial charge in [0, 0.05) is 22.0 Å². The number of hydrogen-bond acceptors (Lipinski definition) is 1. The van der Waals surface area contributed by atoms with Crippen molar-refractivity contribution in [3.05, 3.63) is 33.8 Å². The van der Waals surface area contributed by atoms with Crippen LogP contribution in [0.5, 0.6) is 0 Å². The van der Waals surface area contributed by atoms with E-state index in [0.29, 0.717) is 12.1 Å². The maximum Gasteiger partial charge on any atom is 0.251 e. The van der Waals surface area contributed by atoms with Gasteiger partial charge in [-0.2, -0.15) is 0 Å². The minimum absolute atomic E-state index is 0.0543. The van der Waals surface area contributed by atoms with E-state index in [0.717, 1.165) is 10.0 Å². The summed E-state index contributed by atoms with van der Waals surface area (Å²) in [4.78, 5) is 11.7. The second kappa shape index (κ2) is 5.52. The number of halogens is 2. The van der Waals surface area contributed by atoms with Crippen molar-refractivity contribution >= 4 is 33.4 Å². The van der Waals surface area contributed by atoms with E-state index in [1.165, 1.54) is 0 Å². The van der Waals surface area contributed by atoms with E-state index in [-0.39, 0.29) is 11.3 Å². The molecular weight excluding hydrogens is 277 g/mol. The first-order valence-electron chi connectivity index (χ1n) is 4.69. The Labute approximate surface area is 103 Å². The smallest absolute Gasteiger partial charge is 0.251 e. The molecule has 1 atom stereocenters. The number of aryl methyl sites for hydroxylation is 1. The highest BCUT2D eigenvalue weighted by molar-refractivity contribution is 9.10. The largest absolute Gasteiger partial charge is 0.351 e. The average Bonchev–Trinajstić information content (AvgIpc) is 2.18. The van der Waals surface area contributed by atoms with Crippen LogP contribution >= 0.6 is 27.5 Å². The fourth-order valence-electron chi connectivity index (χ4n) is 1.17. The van der Waals surface area contributed by atoms with E-state index in [4.69, 9.17) is 11.6 Å². The fraction of sp³-hybridized carbons (Fsp3) is 0.364. The Bertz CT molecular complexity index is 366. The Morgan fingerprint density at radius 2 is 2.27 bits per heavy atom. The minimum atomic E-state index is -0.0821. The van der Waals surface area contributed by atoms with Crippen molar-refractivity contribution in [2.75, 3.05) is 6.54 Å². The van der Waals surface area contributed by atoms with Gasteiger partial charge in [0.25, 0.3) is 5.91 Å². The summed E-state index contributed by atoms with van der Waals surface area (Å²) < 4.78 is 0.900. The molecule has 1 unspecified atom stereocenters. The Morgan fingerprint density at radius 3 is 2.87 bits per heavy atom. The molecule has 0 aliphatic carbocycles. The standard InChI is InChI=1S/C11H13BrClNO/c1-7-3-4-9(12)5-10(7)11(15)14-6-8(2)13/h3-5,8H,6H2,1-2H3,(H,14,15). The molecule has 0 fully saturated rings. The van der Waals surface area contributed by atoms with Crippen LogP contribution < -0.4 is 5.32 Å². The summed E-state index contributed by atoms with van der Waals surface area (Å²) in [6.07, 6.45) is 0. The molecule has 0 radical (unpaired) electrons. The zero-order valence-corrected chi connectivity index (χ0v) is 11.0. The van der Waals surface area contributed by atoms with Gasteiger partial charge in [-0.1, -0.05) is 22.0 Å². The molecule has 0 aliphatic heterocycles. The van der Waals surface area contributed by atoms with Gasteiger partial charge >= 0.3 is 0 Å². The van der Waals surface area contributed by atoms with Gasteiger partial charge in [0.1, 0.15) is 0 Å². The second-order valence-electron chi connectivity index (χ2n) is 3.45. The van der Waals surface area contributed by atoms with Crippen molar-refractivity contribution in [3.8, 4) is 0 Å². The van der Waals surface area contributed by atoms with Gasteiger partial charge < -0.3 is 5.32 Å². The molecule has 0 saturated heterocycles. The lowest BCUT2D eigenvalue weighted by molar-refractivity contribution is 0.0953. The highest BCUT2D eigenvalue weighted by Gasteiger charge is 2.09. The van der Waals surface area contributed by atoms with Gasteiger partial charge in [-0.05, 0) is 31.5 Å². The number of hydrogen-bond donors (Lipinski definition) is 1. The molecule has 1 amide bonds. The minimum Gasteiger partial charge on any atom is -0.351 e. The monoisotopic (exact) mass is 289 g/mol. The normalized spacial score (nSPS) is 12.3. The number of alkyl halides is 1. The quantitative estimate of drug-likeness (QED) is 0.852. The molecule has 82 valence electrons. The lowest BCUT2D eigenvalue weighted by atomic mass is 10.1. The van der Waals surface area contributed by atoms with Gasteiger partial charge in [-0.15, -0.1) is 11.6 Å². The summed E-state index contributed by atoms with van der Waals surface area (Å²) in [6.45, 7) is 4.23. The third-order valence-electron chi connectivity index (χ3n) is 1.99. The summed E-state index contributed by atoms with van der Waals surface area (Å²) in [5, 5.41) is 2.72. The third-order valence-corrected chi connectivity index (χ3v) is 2.64. The van der Waals surface area contributed by atoms with Crippen molar-refractivity contribution < 1.29 is 4.79 Å². The van der Waals surface area contributed by atoms with Crippen LogP contribution in [0.2, 0.25) is 0 Å². The van der Waals surface area contributed by atoms with Crippen LogP contribution in [0.25, 0.3) is 0 Å². The summed E-state index contributed by atoms with van der Waals surface area (Å²) >= 11 is 9.09. The summed E-state index contributed by atoms with van der Waals surface area (Å²) in [6, 6.07) is 5.63. The lowest BCUT2D eigenvalue weighted by Gasteiger charge is -2.08. The maximum atomic E-state index is 11.7. The Morgan fingerprint density at radius 1 is 1.60 bits per heavy atom. The molecule has 2 nitrogen and oxygen atoms in total. The van der Waals surface area contributed by atoms with Crippen LogP contribution in [0.1, 0.15) is 22.8 Å². The van der Waals surface area contributed by atoms with Crippen LogP contribution in [0.15, 0.2) is 22.7 Å². The molecule has 0 saturated carbocycles. The van der Waals surface area contributed by atoms with E-state index in [2.05, 4.69) is 21.2 Å². The van der Waals surface area contributed by atoms with Crippen LogP contribution in [0.4, 0.5) is 0 Å². The predicted octanol–water partition coefficient (Wildman–Crippen LogP) is 3.11. The van der Waals surface area contributed by atoms with Crippen LogP contribution in [-0.2, 0) is 0 Å². The van der Waals surface area contributed by atoms with E-state index in [1.54, 1.807) is 0 Å². The van der Waals surface area contributed by atoms with E-state index >= 15 is 0 Å². The number of rotatable bonds is 3. The molecule has 0 heterocycles. The molecular formula is C11H13BrClNO. The van der Waals surface area contributed by atoms with Gasteiger partial charge in [-0.25, -0.2) is 0 Å². The molecule has 1 N–H and O–H groups in total. The Balaban J connectivity index is 2.77. The third kappa shape index (κ3) is 3.84. The van der Waals surface area contributed by atoms with Gasteiger partial charge in [-0.3, -0.25) is 4.79 Å². The highest BCUT2D eigenvalue weighted by Crippen LogP contribution is 2.15. The molecule has 0 aliphatic rings. The first kappa shape index (κ1) is 12.5. The lowest BCUT2D eigenvalue weighted by Crippen LogP contribution is -2.29. The first-order valence-corrected chi connectivity index (χ1v) is 5.92. The Kier molecular flexibility index (Phi) is 4.61. The number of nitrogens with one attached hydrogen (secondary N) is 1. The van der Waals surface area contributed by atoms with Crippen molar-refractivity contribution in [1.29, 1.82) is 0 Å². The highest BCUT2D eigenvalue weighted by atomic mass is 79.9. The molecule has 1 aromatic carbocycles. The number of amides is 1.